The molecule has 4 aromatic rings. The van der Waals surface area contributed by atoms with E-state index in [2.05, 4.69) is 38.8 Å². The van der Waals surface area contributed by atoms with Crippen LogP contribution in [0.2, 0.25) is 18.1 Å². The minimum absolute atomic E-state index is 0.201. The molecular formula is C37H45ClN2O8Si. The molecule has 0 saturated carbocycles. The fourth-order valence-corrected chi connectivity index (χ4v) is 7.80. The van der Waals surface area contributed by atoms with Gasteiger partial charge in [-0.3, -0.25) is 14.3 Å². The third-order valence-electron chi connectivity index (χ3n) is 9.76. The SMILES string of the molecule is COc1ccc(C(OC[C@]2(CO)O[C@@H](n3ccc(=O)[nH]c3=O)[C@H](Cl)[C@@H]2O[Si](C)(C)C(C)(C)C)(c2ccccc2)c2ccc(OC)cc2)cc1. The Bertz CT molecular complexity index is 1780. The van der Waals surface area contributed by atoms with Crippen molar-refractivity contribution >= 4 is 19.9 Å². The van der Waals surface area contributed by atoms with E-state index in [1.807, 2.05) is 78.9 Å². The number of benzene rings is 3. The Hall–Kier alpha value is -3.71. The van der Waals surface area contributed by atoms with E-state index in [-0.39, 0.29) is 11.6 Å². The minimum Gasteiger partial charge on any atom is -0.497 e. The van der Waals surface area contributed by atoms with Gasteiger partial charge in [0, 0.05) is 12.3 Å². The summed E-state index contributed by atoms with van der Waals surface area (Å²) in [5.41, 5.74) is -1.64. The lowest BCUT2D eigenvalue weighted by atomic mass is 9.79. The van der Waals surface area contributed by atoms with Crippen molar-refractivity contribution in [2.24, 2.45) is 0 Å². The maximum Gasteiger partial charge on any atom is 0.330 e. The molecule has 0 unspecified atom stereocenters. The highest BCUT2D eigenvalue weighted by atomic mass is 35.5. The Kier molecular flexibility index (Phi) is 10.6. The van der Waals surface area contributed by atoms with Gasteiger partial charge in [0.1, 0.15) is 28.1 Å². The molecule has 0 spiro atoms. The second-order valence-electron chi connectivity index (χ2n) is 13.8. The van der Waals surface area contributed by atoms with E-state index in [1.54, 1.807) is 14.2 Å². The first-order valence-electron chi connectivity index (χ1n) is 16.1. The number of aliphatic hydroxyl groups excluding tert-OH is 1. The van der Waals surface area contributed by atoms with E-state index in [4.69, 9.17) is 35.0 Å². The van der Waals surface area contributed by atoms with Gasteiger partial charge in [0.25, 0.3) is 5.56 Å². The minimum atomic E-state index is -2.56. The number of hydrogen-bond donors (Lipinski definition) is 2. The fraction of sp³-hybridized carbons (Fsp3) is 0.405. The predicted molar refractivity (Wildman–Crippen MR) is 191 cm³/mol. The quantitative estimate of drug-likeness (QED) is 0.107. The molecule has 0 bridgehead atoms. The lowest BCUT2D eigenvalue weighted by Crippen LogP contribution is -2.57. The van der Waals surface area contributed by atoms with Crippen LogP contribution in [-0.2, 0) is 19.5 Å². The lowest BCUT2D eigenvalue weighted by Gasteiger charge is -2.44. The molecule has 49 heavy (non-hydrogen) atoms. The molecule has 262 valence electrons. The molecule has 1 aliphatic rings. The molecule has 4 atom stereocenters. The predicted octanol–water partition coefficient (Wildman–Crippen LogP) is 5.82. The van der Waals surface area contributed by atoms with Crippen molar-refractivity contribution in [1.29, 1.82) is 0 Å². The van der Waals surface area contributed by atoms with Crippen LogP contribution in [-0.4, -0.2) is 67.5 Å². The van der Waals surface area contributed by atoms with Crippen molar-refractivity contribution < 1.29 is 28.5 Å². The van der Waals surface area contributed by atoms with Gasteiger partial charge in [-0.1, -0.05) is 75.4 Å². The number of ether oxygens (including phenoxy) is 4. The van der Waals surface area contributed by atoms with Crippen LogP contribution in [0.1, 0.15) is 43.7 Å². The number of rotatable bonds is 12. The molecule has 0 amide bonds. The normalized spacial score (nSPS) is 21.4. The molecule has 10 nitrogen and oxygen atoms in total. The second kappa shape index (κ2) is 14.3. The molecule has 3 aromatic carbocycles. The largest absolute Gasteiger partial charge is 0.497 e. The number of aromatic nitrogens is 2. The van der Waals surface area contributed by atoms with Crippen molar-refractivity contribution in [3.8, 4) is 11.5 Å². The third kappa shape index (κ3) is 7.01. The van der Waals surface area contributed by atoms with Crippen LogP contribution in [0.15, 0.2) is 101 Å². The van der Waals surface area contributed by atoms with Gasteiger partial charge in [-0.15, -0.1) is 11.6 Å². The first kappa shape index (κ1) is 36.6. The summed E-state index contributed by atoms with van der Waals surface area (Å²) >= 11 is 7.20. The van der Waals surface area contributed by atoms with Crippen LogP contribution in [0.5, 0.6) is 11.5 Å². The zero-order valence-corrected chi connectivity index (χ0v) is 30.7. The van der Waals surface area contributed by atoms with Crippen LogP contribution in [0.4, 0.5) is 0 Å². The number of aliphatic hydroxyl groups is 1. The maximum atomic E-state index is 13.0. The van der Waals surface area contributed by atoms with Crippen LogP contribution in [0.25, 0.3) is 0 Å². The smallest absolute Gasteiger partial charge is 0.330 e. The number of nitrogens with one attached hydrogen (secondary N) is 1. The van der Waals surface area contributed by atoms with E-state index in [0.717, 1.165) is 16.7 Å². The van der Waals surface area contributed by atoms with E-state index >= 15 is 0 Å². The number of hydrogen-bond acceptors (Lipinski definition) is 8. The summed E-state index contributed by atoms with van der Waals surface area (Å²) < 4.78 is 33.0. The summed E-state index contributed by atoms with van der Waals surface area (Å²) in [6.45, 7) is 9.74. The lowest BCUT2D eigenvalue weighted by molar-refractivity contribution is -0.176. The van der Waals surface area contributed by atoms with Gasteiger partial charge < -0.3 is 28.5 Å². The summed E-state index contributed by atoms with van der Waals surface area (Å²) in [5.74, 6) is 1.35. The number of nitrogens with zero attached hydrogens (tertiary/aromatic N) is 1. The molecule has 2 heterocycles. The van der Waals surface area contributed by atoms with Crippen molar-refractivity contribution in [2.75, 3.05) is 27.4 Å². The Morgan fingerprint density at radius 1 is 0.878 bits per heavy atom. The van der Waals surface area contributed by atoms with Gasteiger partial charge in [-0.05, 0) is 59.1 Å². The molecule has 1 aromatic heterocycles. The number of aromatic amines is 1. The summed E-state index contributed by atoms with van der Waals surface area (Å²) in [6.07, 6.45) is -0.671. The highest BCUT2D eigenvalue weighted by Gasteiger charge is 2.59. The molecular weight excluding hydrogens is 664 g/mol. The highest BCUT2D eigenvalue weighted by Crippen LogP contribution is 2.49. The molecule has 5 rings (SSSR count). The molecule has 2 N–H and O–H groups in total. The maximum absolute atomic E-state index is 13.0. The van der Waals surface area contributed by atoms with E-state index in [0.29, 0.717) is 11.5 Å². The van der Waals surface area contributed by atoms with Crippen molar-refractivity contribution in [3.05, 3.63) is 129 Å². The molecule has 12 heteroatoms. The van der Waals surface area contributed by atoms with Gasteiger partial charge in [0.15, 0.2) is 14.5 Å². The summed E-state index contributed by atoms with van der Waals surface area (Å²) in [4.78, 5) is 27.2. The van der Waals surface area contributed by atoms with Gasteiger partial charge in [0.2, 0.25) is 0 Å². The molecule has 0 radical (unpaired) electrons. The van der Waals surface area contributed by atoms with Crippen molar-refractivity contribution in [1.82, 2.24) is 9.55 Å². The number of halogens is 1. The molecule has 1 fully saturated rings. The Labute approximate surface area is 292 Å². The summed E-state index contributed by atoms with van der Waals surface area (Å²) in [5, 5.41) is 10.2. The monoisotopic (exact) mass is 708 g/mol. The number of methoxy groups -OCH3 is 2. The van der Waals surface area contributed by atoms with Crippen LogP contribution >= 0.6 is 11.6 Å². The van der Waals surface area contributed by atoms with Gasteiger partial charge in [0.05, 0.1) is 33.5 Å². The fourth-order valence-electron chi connectivity index (χ4n) is 5.91. The second-order valence-corrected chi connectivity index (χ2v) is 19.0. The third-order valence-corrected chi connectivity index (χ3v) is 14.7. The van der Waals surface area contributed by atoms with E-state index in [1.165, 1.54) is 16.8 Å². The van der Waals surface area contributed by atoms with Crippen molar-refractivity contribution in [3.63, 3.8) is 0 Å². The van der Waals surface area contributed by atoms with Crippen LogP contribution < -0.4 is 20.7 Å². The van der Waals surface area contributed by atoms with Gasteiger partial charge in [-0.25, -0.2) is 4.79 Å². The average molecular weight is 709 g/mol. The van der Waals surface area contributed by atoms with Gasteiger partial charge >= 0.3 is 5.69 Å². The van der Waals surface area contributed by atoms with E-state index in [9.17, 15) is 14.7 Å². The van der Waals surface area contributed by atoms with Gasteiger partial charge in [-0.2, -0.15) is 0 Å². The number of alkyl halides is 1. The van der Waals surface area contributed by atoms with Crippen LogP contribution in [0.3, 0.4) is 0 Å². The first-order valence-corrected chi connectivity index (χ1v) is 19.5. The van der Waals surface area contributed by atoms with Crippen molar-refractivity contribution in [2.45, 2.75) is 67.8 Å². The molecule has 0 aliphatic carbocycles. The Morgan fingerprint density at radius 2 is 1.41 bits per heavy atom. The zero-order valence-electron chi connectivity index (χ0n) is 28.9. The Morgan fingerprint density at radius 3 is 1.88 bits per heavy atom. The standard InChI is InChI=1S/C37H45ClN2O8Si/c1-35(2,3)49(6,7)48-32-31(38)33(40-22-21-30(42)39-34(40)43)47-36(32,23-41)24-46-37(25-11-9-8-10-12-25,26-13-17-28(44-4)18-14-26)27-15-19-29(45-5)20-16-27/h8-22,31-33,41H,23-24H2,1-7H3,(H,39,42,43)/t31-,32+,33-,36+/m1/s1. The zero-order chi connectivity index (χ0) is 35.6. The first-order chi connectivity index (χ1) is 23.2. The Balaban J connectivity index is 1.69. The number of H-pyrrole nitrogens is 1. The molecule has 1 saturated heterocycles. The molecule has 1 aliphatic heterocycles. The average Bonchev–Trinajstić information content (AvgIpc) is 3.35. The highest BCUT2D eigenvalue weighted by molar-refractivity contribution is 6.74. The van der Waals surface area contributed by atoms with E-state index < -0.39 is 55.1 Å². The summed E-state index contributed by atoms with van der Waals surface area (Å²) in [6, 6.07) is 26.2. The summed E-state index contributed by atoms with van der Waals surface area (Å²) in [7, 11) is 0.655. The topological polar surface area (TPSA) is 121 Å². The van der Waals surface area contributed by atoms with Crippen LogP contribution in [0, 0.1) is 0 Å².